The molecule has 1 atom stereocenters. The van der Waals surface area contributed by atoms with Crippen molar-refractivity contribution in [2.24, 2.45) is 5.41 Å². The van der Waals surface area contributed by atoms with E-state index < -0.39 is 0 Å². The Bertz CT molecular complexity index is 340. The Balaban J connectivity index is 2.38. The first kappa shape index (κ1) is 9.44. The highest BCUT2D eigenvalue weighted by Gasteiger charge is 2.43. The molecule has 1 N–H and O–H groups in total. The number of rotatable bonds is 0. The highest BCUT2D eigenvalue weighted by Crippen LogP contribution is 2.47. The lowest BCUT2D eigenvalue weighted by molar-refractivity contribution is -0.120. The van der Waals surface area contributed by atoms with E-state index in [1.165, 1.54) is 0 Å². The van der Waals surface area contributed by atoms with Gasteiger partial charge >= 0.3 is 0 Å². The fourth-order valence-corrected chi connectivity index (χ4v) is 2.46. The summed E-state index contributed by atoms with van der Waals surface area (Å²) in [6, 6.07) is 0. The van der Waals surface area contributed by atoms with E-state index in [-0.39, 0.29) is 22.7 Å². The molecule has 2 rings (SSSR count). The predicted octanol–water partition coefficient (Wildman–Crippen LogP) is 1.92. The third-order valence-corrected chi connectivity index (χ3v) is 3.44. The van der Waals surface area contributed by atoms with Gasteiger partial charge in [-0.15, -0.1) is 0 Å². The average molecular weight is 194 g/mol. The summed E-state index contributed by atoms with van der Waals surface area (Å²) in [7, 11) is 0. The third-order valence-electron chi connectivity index (χ3n) is 3.44. The van der Waals surface area contributed by atoms with Crippen molar-refractivity contribution in [3.8, 4) is 0 Å². The highest BCUT2D eigenvalue weighted by molar-refractivity contribution is 5.98. The van der Waals surface area contributed by atoms with Gasteiger partial charge in [-0.3, -0.25) is 9.59 Å². The number of hydrogen-bond donors (Lipinski definition) is 1. The van der Waals surface area contributed by atoms with Gasteiger partial charge in [0.1, 0.15) is 5.78 Å². The Labute approximate surface area is 82.8 Å². The van der Waals surface area contributed by atoms with E-state index >= 15 is 0 Å². The highest BCUT2D eigenvalue weighted by atomic mass is 16.3. The maximum atomic E-state index is 11.3. The second-order valence-electron chi connectivity index (χ2n) is 4.53. The summed E-state index contributed by atoms with van der Waals surface area (Å²) < 4.78 is 0. The van der Waals surface area contributed by atoms with Gasteiger partial charge in [0.25, 0.3) is 0 Å². The summed E-state index contributed by atoms with van der Waals surface area (Å²) in [6.45, 7) is 1.97. The van der Waals surface area contributed by atoms with Crippen LogP contribution in [0, 0.1) is 5.41 Å². The quantitative estimate of drug-likeness (QED) is 0.641. The van der Waals surface area contributed by atoms with Crippen LogP contribution in [-0.4, -0.2) is 16.7 Å². The van der Waals surface area contributed by atoms with E-state index in [9.17, 15) is 14.7 Å². The standard InChI is InChI=1S/C11H14O3/c1-11-5-4-7(12)2-3-8(11)10(14)9(13)6-11/h14H,2-6H2,1H3/t11-/m1/s1. The monoisotopic (exact) mass is 194 g/mol. The van der Waals surface area contributed by atoms with Crippen LogP contribution in [0.25, 0.3) is 0 Å². The molecular weight excluding hydrogens is 180 g/mol. The number of fused-ring (bicyclic) bond motifs is 1. The van der Waals surface area contributed by atoms with Crippen LogP contribution in [0.15, 0.2) is 11.3 Å². The van der Waals surface area contributed by atoms with Crippen LogP contribution < -0.4 is 0 Å². The first-order valence-electron chi connectivity index (χ1n) is 5.00. The number of carbonyl (C=O) groups excluding carboxylic acids is 2. The topological polar surface area (TPSA) is 54.4 Å². The number of allylic oxidation sites excluding steroid dienone is 2. The maximum absolute atomic E-state index is 11.3. The first-order valence-corrected chi connectivity index (χ1v) is 5.00. The van der Waals surface area contributed by atoms with Gasteiger partial charge in [0, 0.05) is 24.7 Å². The molecular formula is C11H14O3. The summed E-state index contributed by atoms with van der Waals surface area (Å²) in [4.78, 5) is 22.6. The zero-order chi connectivity index (χ0) is 10.3. The number of Topliss-reactive ketones (excluding diaryl/α,β-unsaturated/α-hetero) is 2. The van der Waals surface area contributed by atoms with Crippen molar-refractivity contribution in [1.29, 1.82) is 0 Å². The molecule has 0 bridgehead atoms. The van der Waals surface area contributed by atoms with Crippen molar-refractivity contribution < 1.29 is 14.7 Å². The molecule has 3 heteroatoms. The van der Waals surface area contributed by atoms with Crippen molar-refractivity contribution in [2.75, 3.05) is 0 Å². The third kappa shape index (κ3) is 1.27. The van der Waals surface area contributed by atoms with Crippen LogP contribution >= 0.6 is 0 Å². The molecule has 0 saturated heterocycles. The molecule has 0 unspecified atom stereocenters. The zero-order valence-electron chi connectivity index (χ0n) is 8.30. The smallest absolute Gasteiger partial charge is 0.197 e. The lowest BCUT2D eigenvalue weighted by atomic mass is 9.79. The molecule has 0 aromatic carbocycles. The number of hydrogen-bond acceptors (Lipinski definition) is 3. The lowest BCUT2D eigenvalue weighted by Crippen LogP contribution is -2.15. The minimum Gasteiger partial charge on any atom is -0.504 e. The van der Waals surface area contributed by atoms with Crippen molar-refractivity contribution in [1.82, 2.24) is 0 Å². The second-order valence-corrected chi connectivity index (χ2v) is 4.53. The molecule has 1 fully saturated rings. The summed E-state index contributed by atoms with van der Waals surface area (Å²) >= 11 is 0. The lowest BCUT2D eigenvalue weighted by Gasteiger charge is -2.23. The molecule has 76 valence electrons. The van der Waals surface area contributed by atoms with E-state index in [4.69, 9.17) is 0 Å². The summed E-state index contributed by atoms with van der Waals surface area (Å²) in [5.74, 6) is 0.0208. The van der Waals surface area contributed by atoms with Crippen LogP contribution in [0.1, 0.15) is 39.0 Å². The maximum Gasteiger partial charge on any atom is 0.197 e. The molecule has 2 aliphatic carbocycles. The Hall–Kier alpha value is -1.12. The minimum absolute atomic E-state index is 0.0674. The van der Waals surface area contributed by atoms with E-state index in [1.807, 2.05) is 6.92 Å². The number of aliphatic hydroxyl groups excluding tert-OH is 1. The Morgan fingerprint density at radius 3 is 2.64 bits per heavy atom. The van der Waals surface area contributed by atoms with Crippen LogP contribution in [0.2, 0.25) is 0 Å². The molecule has 0 radical (unpaired) electrons. The van der Waals surface area contributed by atoms with Crippen LogP contribution in [0.3, 0.4) is 0 Å². The Morgan fingerprint density at radius 2 is 1.93 bits per heavy atom. The molecule has 0 aromatic rings. The van der Waals surface area contributed by atoms with Crippen molar-refractivity contribution in [2.45, 2.75) is 39.0 Å². The van der Waals surface area contributed by atoms with Crippen LogP contribution in [-0.2, 0) is 9.59 Å². The van der Waals surface area contributed by atoms with Crippen molar-refractivity contribution >= 4 is 11.6 Å². The fourth-order valence-electron chi connectivity index (χ4n) is 2.46. The summed E-state index contributed by atoms with van der Waals surface area (Å²) in [6.07, 6.45) is 2.66. The fraction of sp³-hybridized carbons (Fsp3) is 0.636. The van der Waals surface area contributed by atoms with Gasteiger partial charge in [0.05, 0.1) is 0 Å². The normalized spacial score (nSPS) is 33.2. The second kappa shape index (κ2) is 2.94. The van der Waals surface area contributed by atoms with Crippen molar-refractivity contribution in [3.63, 3.8) is 0 Å². The molecule has 0 aromatic heterocycles. The zero-order valence-corrected chi connectivity index (χ0v) is 8.30. The van der Waals surface area contributed by atoms with Crippen molar-refractivity contribution in [3.05, 3.63) is 11.3 Å². The molecule has 3 nitrogen and oxygen atoms in total. The van der Waals surface area contributed by atoms with Crippen LogP contribution in [0.4, 0.5) is 0 Å². The van der Waals surface area contributed by atoms with Gasteiger partial charge in [-0.1, -0.05) is 6.92 Å². The SMILES string of the molecule is C[C@]12CCC(=O)CCC1=C(O)C(=O)C2. The van der Waals surface area contributed by atoms with Gasteiger partial charge < -0.3 is 5.11 Å². The molecule has 0 spiro atoms. The number of ketones is 2. The summed E-state index contributed by atoms with van der Waals surface area (Å²) in [5, 5.41) is 9.59. The largest absolute Gasteiger partial charge is 0.504 e. The van der Waals surface area contributed by atoms with Crippen LogP contribution in [0.5, 0.6) is 0 Å². The number of aliphatic hydroxyl groups is 1. The molecule has 0 amide bonds. The van der Waals surface area contributed by atoms with Gasteiger partial charge in [-0.25, -0.2) is 0 Å². The Kier molecular flexibility index (Phi) is 1.98. The molecule has 14 heavy (non-hydrogen) atoms. The molecule has 2 aliphatic rings. The van der Waals surface area contributed by atoms with Gasteiger partial charge in [0.15, 0.2) is 11.5 Å². The molecule has 0 aliphatic heterocycles. The van der Waals surface area contributed by atoms with Gasteiger partial charge in [-0.05, 0) is 18.4 Å². The van der Waals surface area contributed by atoms with E-state index in [2.05, 4.69) is 0 Å². The summed E-state index contributed by atoms with van der Waals surface area (Å²) in [5.41, 5.74) is 0.571. The average Bonchev–Trinajstić information content (AvgIpc) is 2.26. The minimum atomic E-state index is -0.243. The van der Waals surface area contributed by atoms with Gasteiger partial charge in [-0.2, -0.15) is 0 Å². The molecule has 1 saturated carbocycles. The number of carbonyl (C=O) groups is 2. The predicted molar refractivity (Wildman–Crippen MR) is 50.9 cm³/mol. The van der Waals surface area contributed by atoms with E-state index in [0.717, 1.165) is 5.57 Å². The Morgan fingerprint density at radius 1 is 1.21 bits per heavy atom. The first-order chi connectivity index (χ1) is 6.53. The van der Waals surface area contributed by atoms with Gasteiger partial charge in [0.2, 0.25) is 0 Å². The van der Waals surface area contributed by atoms with E-state index in [1.54, 1.807) is 0 Å². The molecule has 0 heterocycles. The van der Waals surface area contributed by atoms with E-state index in [0.29, 0.717) is 32.1 Å².